The maximum absolute atomic E-state index is 12.3. The number of esters is 1. The number of carbonyl (C=O) groups is 2. The number of hydrogen-bond acceptors (Lipinski definition) is 4. The van der Waals surface area contributed by atoms with Crippen molar-refractivity contribution in [3.8, 4) is 0 Å². The average molecular weight is 259 g/mol. The number of amides is 1. The lowest BCUT2D eigenvalue weighted by Gasteiger charge is -2.33. The van der Waals surface area contributed by atoms with Gasteiger partial charge in [-0.2, -0.15) is 0 Å². The van der Waals surface area contributed by atoms with Crippen molar-refractivity contribution >= 4 is 11.9 Å². The van der Waals surface area contributed by atoms with Gasteiger partial charge in [0.15, 0.2) is 0 Å². The highest BCUT2D eigenvalue weighted by molar-refractivity contribution is 5.98. The fourth-order valence-electron chi connectivity index (χ4n) is 1.59. The highest BCUT2D eigenvalue weighted by Crippen LogP contribution is 2.29. The summed E-state index contributed by atoms with van der Waals surface area (Å²) >= 11 is 0. The van der Waals surface area contributed by atoms with Crippen LogP contribution in [0.4, 0.5) is 0 Å². The summed E-state index contributed by atoms with van der Waals surface area (Å²) in [5, 5.41) is 9.07. The summed E-state index contributed by atoms with van der Waals surface area (Å²) in [5.41, 5.74) is -0.521. The predicted molar refractivity (Wildman–Crippen MR) is 68.9 cm³/mol. The van der Waals surface area contributed by atoms with Crippen LogP contribution in [0.1, 0.15) is 34.6 Å². The quantitative estimate of drug-likeness (QED) is 0.592. The third-order valence-corrected chi connectivity index (χ3v) is 2.91. The van der Waals surface area contributed by atoms with E-state index in [-0.39, 0.29) is 25.2 Å². The molecule has 5 nitrogen and oxygen atoms in total. The zero-order valence-electron chi connectivity index (χ0n) is 12.2. The maximum atomic E-state index is 12.3. The van der Waals surface area contributed by atoms with Gasteiger partial charge >= 0.3 is 5.97 Å². The molecular formula is C13H25NO4. The normalized spacial score (nSPS) is 14.8. The van der Waals surface area contributed by atoms with Crippen molar-refractivity contribution in [2.45, 2.75) is 40.7 Å². The molecule has 2 unspecified atom stereocenters. The molecule has 2 atom stereocenters. The molecule has 0 aliphatic heterocycles. The van der Waals surface area contributed by atoms with E-state index in [9.17, 15) is 9.59 Å². The van der Waals surface area contributed by atoms with Gasteiger partial charge in [-0.3, -0.25) is 9.59 Å². The predicted octanol–water partition coefficient (Wildman–Crippen LogP) is 1.05. The molecule has 0 aliphatic carbocycles. The molecule has 0 aromatic carbocycles. The molecule has 0 spiro atoms. The Hall–Kier alpha value is -1.10. The van der Waals surface area contributed by atoms with E-state index in [4.69, 9.17) is 9.84 Å². The highest BCUT2D eigenvalue weighted by atomic mass is 16.5. The molecule has 0 aromatic rings. The van der Waals surface area contributed by atoms with Gasteiger partial charge < -0.3 is 14.7 Å². The molecule has 0 rings (SSSR count). The van der Waals surface area contributed by atoms with E-state index in [0.717, 1.165) is 0 Å². The topological polar surface area (TPSA) is 66.8 Å². The van der Waals surface area contributed by atoms with Crippen LogP contribution in [0.2, 0.25) is 0 Å². The molecule has 0 radical (unpaired) electrons. The summed E-state index contributed by atoms with van der Waals surface area (Å²) in [6, 6.07) is -0.322. The Morgan fingerprint density at radius 2 is 1.83 bits per heavy atom. The SMILES string of the molecule is CCOC(=O)C(C(=O)N(C)C(C)CO)C(C)(C)C. The molecule has 0 saturated carbocycles. The summed E-state index contributed by atoms with van der Waals surface area (Å²) in [6.45, 7) is 9.02. The second kappa shape index (κ2) is 6.73. The lowest BCUT2D eigenvalue weighted by atomic mass is 9.79. The Bertz CT molecular complexity index is 296. The zero-order chi connectivity index (χ0) is 14.5. The summed E-state index contributed by atoms with van der Waals surface area (Å²) in [6.07, 6.45) is 0. The lowest BCUT2D eigenvalue weighted by molar-refractivity contribution is -0.161. The van der Waals surface area contributed by atoms with Gasteiger partial charge in [0.05, 0.1) is 19.3 Å². The van der Waals surface area contributed by atoms with Crippen LogP contribution in [-0.4, -0.2) is 48.2 Å². The van der Waals surface area contributed by atoms with Crippen LogP contribution in [0, 0.1) is 11.3 Å². The molecule has 1 N–H and O–H groups in total. The second-order valence-electron chi connectivity index (χ2n) is 5.53. The summed E-state index contributed by atoms with van der Waals surface area (Å²) < 4.78 is 4.97. The fraction of sp³-hybridized carbons (Fsp3) is 0.846. The average Bonchev–Trinajstić information content (AvgIpc) is 2.25. The Balaban J connectivity index is 5.10. The molecule has 1 amide bonds. The molecule has 106 valence electrons. The minimum absolute atomic E-state index is 0.137. The first kappa shape index (κ1) is 16.9. The molecular weight excluding hydrogens is 234 g/mol. The molecule has 5 heteroatoms. The zero-order valence-corrected chi connectivity index (χ0v) is 12.2. The highest BCUT2D eigenvalue weighted by Gasteiger charge is 2.41. The van der Waals surface area contributed by atoms with Gasteiger partial charge in [0.25, 0.3) is 0 Å². The third-order valence-electron chi connectivity index (χ3n) is 2.91. The number of ether oxygens (including phenoxy) is 1. The van der Waals surface area contributed by atoms with Gasteiger partial charge in [-0.15, -0.1) is 0 Å². The Labute approximate surface area is 109 Å². The number of rotatable bonds is 5. The fourth-order valence-corrected chi connectivity index (χ4v) is 1.59. The smallest absolute Gasteiger partial charge is 0.319 e. The van der Waals surface area contributed by atoms with E-state index in [2.05, 4.69) is 0 Å². The van der Waals surface area contributed by atoms with E-state index in [0.29, 0.717) is 0 Å². The molecule has 0 aromatic heterocycles. The van der Waals surface area contributed by atoms with Crippen molar-refractivity contribution in [3.05, 3.63) is 0 Å². The van der Waals surface area contributed by atoms with Gasteiger partial charge in [-0.25, -0.2) is 0 Å². The van der Waals surface area contributed by atoms with Crippen molar-refractivity contribution in [1.82, 2.24) is 4.90 Å². The van der Waals surface area contributed by atoms with Crippen LogP contribution < -0.4 is 0 Å². The van der Waals surface area contributed by atoms with Crippen LogP contribution in [0.25, 0.3) is 0 Å². The van der Waals surface area contributed by atoms with E-state index in [1.54, 1.807) is 20.9 Å². The summed E-state index contributed by atoms with van der Waals surface area (Å²) in [7, 11) is 1.58. The summed E-state index contributed by atoms with van der Waals surface area (Å²) in [5.74, 6) is -1.68. The Morgan fingerprint density at radius 1 is 1.33 bits per heavy atom. The first-order valence-electron chi connectivity index (χ1n) is 6.21. The second-order valence-corrected chi connectivity index (χ2v) is 5.53. The van der Waals surface area contributed by atoms with Gasteiger partial charge in [0.1, 0.15) is 5.92 Å². The number of hydrogen-bond donors (Lipinski definition) is 1. The number of aliphatic hydroxyl groups excluding tert-OH is 1. The largest absolute Gasteiger partial charge is 0.465 e. The number of carbonyl (C=O) groups excluding carboxylic acids is 2. The van der Waals surface area contributed by atoms with Gasteiger partial charge in [0.2, 0.25) is 5.91 Å². The molecule has 0 fully saturated rings. The van der Waals surface area contributed by atoms with Crippen LogP contribution in [-0.2, 0) is 14.3 Å². The van der Waals surface area contributed by atoms with E-state index in [1.165, 1.54) is 4.90 Å². The van der Waals surface area contributed by atoms with Crippen molar-refractivity contribution in [2.75, 3.05) is 20.3 Å². The standard InChI is InChI=1S/C13H25NO4/c1-7-18-12(17)10(13(3,4)5)11(16)14(6)9(2)8-15/h9-10,15H,7-8H2,1-6H3. The van der Waals surface area contributed by atoms with E-state index >= 15 is 0 Å². The van der Waals surface area contributed by atoms with Crippen LogP contribution in [0.5, 0.6) is 0 Å². The van der Waals surface area contributed by atoms with E-state index in [1.807, 2.05) is 20.8 Å². The monoisotopic (exact) mass is 259 g/mol. The van der Waals surface area contributed by atoms with Gasteiger partial charge in [0, 0.05) is 7.05 Å². The van der Waals surface area contributed by atoms with Crippen molar-refractivity contribution in [1.29, 1.82) is 0 Å². The minimum Gasteiger partial charge on any atom is -0.465 e. The van der Waals surface area contributed by atoms with E-state index < -0.39 is 17.3 Å². The van der Waals surface area contributed by atoms with Crippen molar-refractivity contribution < 1.29 is 19.4 Å². The van der Waals surface area contributed by atoms with Crippen molar-refractivity contribution in [2.24, 2.45) is 11.3 Å². The Morgan fingerprint density at radius 3 is 2.17 bits per heavy atom. The summed E-state index contributed by atoms with van der Waals surface area (Å²) in [4.78, 5) is 25.6. The van der Waals surface area contributed by atoms with Gasteiger partial charge in [-0.05, 0) is 19.3 Å². The first-order valence-corrected chi connectivity index (χ1v) is 6.21. The molecule has 18 heavy (non-hydrogen) atoms. The number of nitrogens with zero attached hydrogens (tertiary/aromatic N) is 1. The van der Waals surface area contributed by atoms with Crippen LogP contribution in [0.3, 0.4) is 0 Å². The van der Waals surface area contributed by atoms with Gasteiger partial charge in [-0.1, -0.05) is 20.8 Å². The number of likely N-dealkylation sites (N-methyl/N-ethyl adjacent to an activating group) is 1. The third kappa shape index (κ3) is 4.29. The first-order chi connectivity index (χ1) is 8.16. The Kier molecular flexibility index (Phi) is 6.32. The minimum atomic E-state index is -0.851. The number of aliphatic hydroxyl groups is 1. The van der Waals surface area contributed by atoms with Crippen LogP contribution >= 0.6 is 0 Å². The molecule has 0 saturated heterocycles. The lowest BCUT2D eigenvalue weighted by Crippen LogP contribution is -2.48. The maximum Gasteiger partial charge on any atom is 0.319 e. The molecule has 0 heterocycles. The molecule has 0 aliphatic rings. The molecule has 0 bridgehead atoms. The van der Waals surface area contributed by atoms with Crippen LogP contribution in [0.15, 0.2) is 0 Å². The van der Waals surface area contributed by atoms with Crippen molar-refractivity contribution in [3.63, 3.8) is 0 Å².